The van der Waals surface area contributed by atoms with Gasteiger partial charge in [0.25, 0.3) is 0 Å². The third-order valence-electron chi connectivity index (χ3n) is 4.52. The first-order valence-corrected chi connectivity index (χ1v) is 8.59. The smallest absolute Gasteiger partial charge is 0.175 e. The fraction of sp³-hybridized carbons (Fsp3) is 0.316. The Kier molecular flexibility index (Phi) is 4.59. The highest BCUT2D eigenvalue weighted by molar-refractivity contribution is 6.33. The summed E-state index contributed by atoms with van der Waals surface area (Å²) in [6, 6.07) is 6.41. The molecule has 0 spiro atoms. The average molecular weight is 372 g/mol. The highest BCUT2D eigenvalue weighted by Gasteiger charge is 2.24. The second-order valence-electron chi connectivity index (χ2n) is 7.28. The number of nitrogens with zero attached hydrogens (tertiary/aromatic N) is 4. The maximum Gasteiger partial charge on any atom is 0.175 e. The second kappa shape index (κ2) is 6.58. The molecule has 0 saturated carbocycles. The van der Waals surface area contributed by atoms with Crippen LogP contribution in [0.25, 0.3) is 16.8 Å². The van der Waals surface area contributed by atoms with Crippen LogP contribution in [0.3, 0.4) is 0 Å². The van der Waals surface area contributed by atoms with E-state index in [1.54, 1.807) is 16.8 Å². The lowest BCUT2D eigenvalue weighted by molar-refractivity contribution is 0.358. The summed E-state index contributed by atoms with van der Waals surface area (Å²) in [6.45, 7) is 8.43. The first-order valence-electron chi connectivity index (χ1n) is 8.21. The normalized spacial score (nSPS) is 12.8. The van der Waals surface area contributed by atoms with Crippen molar-refractivity contribution in [1.82, 2.24) is 14.6 Å². The molecule has 7 heteroatoms. The summed E-state index contributed by atoms with van der Waals surface area (Å²) >= 11 is 6.27. The van der Waals surface area contributed by atoms with Crippen molar-refractivity contribution >= 4 is 23.1 Å². The van der Waals surface area contributed by atoms with Crippen molar-refractivity contribution in [3.63, 3.8) is 0 Å². The lowest BCUT2D eigenvalue weighted by Gasteiger charge is -2.30. The van der Waals surface area contributed by atoms with Crippen molar-refractivity contribution in [2.45, 2.75) is 33.7 Å². The van der Waals surface area contributed by atoms with Crippen molar-refractivity contribution < 1.29 is 4.39 Å². The van der Waals surface area contributed by atoms with Crippen LogP contribution in [0.2, 0.25) is 5.02 Å². The van der Waals surface area contributed by atoms with E-state index in [1.807, 2.05) is 0 Å². The lowest BCUT2D eigenvalue weighted by Crippen LogP contribution is -2.32. The molecule has 2 heterocycles. The van der Waals surface area contributed by atoms with E-state index in [0.717, 1.165) is 0 Å². The minimum absolute atomic E-state index is 0.0231. The third-order valence-corrected chi connectivity index (χ3v) is 4.83. The van der Waals surface area contributed by atoms with Gasteiger partial charge < -0.3 is 5.32 Å². The molecule has 3 rings (SSSR count). The van der Waals surface area contributed by atoms with E-state index in [0.29, 0.717) is 28.2 Å². The van der Waals surface area contributed by atoms with Crippen molar-refractivity contribution in [1.29, 1.82) is 5.26 Å². The van der Waals surface area contributed by atoms with Crippen molar-refractivity contribution in [2.75, 3.05) is 5.32 Å². The number of benzene rings is 1. The molecule has 0 saturated heterocycles. The van der Waals surface area contributed by atoms with E-state index in [1.165, 1.54) is 18.3 Å². The van der Waals surface area contributed by atoms with Gasteiger partial charge in [0, 0.05) is 23.4 Å². The molecule has 0 aliphatic heterocycles. The molecule has 5 nitrogen and oxygen atoms in total. The Morgan fingerprint density at radius 1 is 1.27 bits per heavy atom. The molecule has 1 unspecified atom stereocenters. The Balaban J connectivity index is 2.25. The number of halogens is 2. The van der Waals surface area contributed by atoms with Crippen LogP contribution in [0, 0.1) is 22.6 Å². The lowest BCUT2D eigenvalue weighted by atomic mass is 9.88. The number of aromatic nitrogens is 3. The fourth-order valence-corrected chi connectivity index (χ4v) is 2.74. The van der Waals surface area contributed by atoms with Gasteiger partial charge in [-0.25, -0.2) is 9.37 Å². The van der Waals surface area contributed by atoms with Gasteiger partial charge in [0.15, 0.2) is 5.65 Å². The third kappa shape index (κ3) is 3.23. The van der Waals surface area contributed by atoms with E-state index in [9.17, 15) is 9.65 Å². The van der Waals surface area contributed by atoms with Gasteiger partial charge in [-0.3, -0.25) is 0 Å². The minimum atomic E-state index is -0.406. The fourth-order valence-electron chi connectivity index (χ4n) is 2.48. The van der Waals surface area contributed by atoms with Crippen LogP contribution in [-0.4, -0.2) is 20.6 Å². The first-order chi connectivity index (χ1) is 12.2. The number of nitrogens with one attached hydrogen (secondary N) is 1. The van der Waals surface area contributed by atoms with Gasteiger partial charge in [0.1, 0.15) is 23.3 Å². The first kappa shape index (κ1) is 18.2. The molecule has 0 aliphatic carbocycles. The van der Waals surface area contributed by atoms with E-state index in [4.69, 9.17) is 11.6 Å². The highest BCUT2D eigenvalue weighted by Crippen LogP contribution is 2.35. The molecule has 1 atom stereocenters. The van der Waals surface area contributed by atoms with E-state index in [-0.39, 0.29) is 16.5 Å². The van der Waals surface area contributed by atoms with Crippen molar-refractivity contribution in [3.8, 4) is 17.2 Å². The molecular weight excluding hydrogens is 353 g/mol. The van der Waals surface area contributed by atoms with Gasteiger partial charge in [-0.2, -0.15) is 14.9 Å². The summed E-state index contributed by atoms with van der Waals surface area (Å²) < 4.78 is 15.1. The Hall–Kier alpha value is -2.65. The molecule has 0 radical (unpaired) electrons. The van der Waals surface area contributed by atoms with Crippen molar-refractivity contribution in [3.05, 3.63) is 47.0 Å². The Bertz CT molecular complexity index is 1010. The number of hydrogen-bond acceptors (Lipinski definition) is 4. The zero-order valence-corrected chi connectivity index (χ0v) is 15.8. The van der Waals surface area contributed by atoms with Crippen LogP contribution in [0.5, 0.6) is 0 Å². The summed E-state index contributed by atoms with van der Waals surface area (Å²) in [5.74, 6) is 0.253. The minimum Gasteiger partial charge on any atom is -0.366 e. The largest absolute Gasteiger partial charge is 0.366 e. The summed E-state index contributed by atoms with van der Waals surface area (Å²) in [5.41, 5.74) is 2.14. The monoisotopic (exact) mass is 371 g/mol. The quantitative estimate of drug-likeness (QED) is 0.710. The second-order valence-corrected chi connectivity index (χ2v) is 7.69. The molecule has 2 aromatic heterocycles. The summed E-state index contributed by atoms with van der Waals surface area (Å²) in [4.78, 5) is 4.37. The zero-order valence-electron chi connectivity index (χ0n) is 15.0. The maximum atomic E-state index is 13.5. The Labute approximate surface area is 156 Å². The molecule has 0 aliphatic rings. The Morgan fingerprint density at radius 3 is 2.62 bits per heavy atom. The molecule has 1 N–H and O–H groups in total. The van der Waals surface area contributed by atoms with Gasteiger partial charge in [-0.05, 0) is 30.5 Å². The molecule has 134 valence electrons. The van der Waals surface area contributed by atoms with Gasteiger partial charge in [0.05, 0.1) is 11.2 Å². The van der Waals surface area contributed by atoms with Crippen molar-refractivity contribution in [2.24, 2.45) is 5.41 Å². The van der Waals surface area contributed by atoms with Crippen LogP contribution in [0.15, 0.2) is 30.6 Å². The van der Waals surface area contributed by atoms with Crippen LogP contribution < -0.4 is 5.32 Å². The van der Waals surface area contributed by atoms with Gasteiger partial charge >= 0.3 is 0 Å². The standard InChI is InChI=1S/C19H19ClFN5/c1-11(19(2,3)4)25-18-15(14-6-5-13(21)7-16(14)20)10-23-17-12(8-22)9-24-26(17)18/h5-7,9-11,25H,1-4H3. The average Bonchev–Trinajstić information content (AvgIpc) is 2.98. The topological polar surface area (TPSA) is 66.0 Å². The molecule has 1 aromatic carbocycles. The maximum absolute atomic E-state index is 13.5. The van der Waals surface area contributed by atoms with Crippen LogP contribution in [0.1, 0.15) is 33.3 Å². The SMILES string of the molecule is CC(Nc1c(-c2ccc(F)cc2Cl)cnc2c(C#N)cnn12)C(C)(C)C. The predicted molar refractivity (Wildman–Crippen MR) is 101 cm³/mol. The van der Waals surface area contributed by atoms with E-state index < -0.39 is 5.82 Å². The van der Waals surface area contributed by atoms with E-state index in [2.05, 4.69) is 49.2 Å². The van der Waals surface area contributed by atoms with Crippen LogP contribution in [0.4, 0.5) is 10.2 Å². The molecule has 0 fully saturated rings. The molecular formula is C19H19ClFN5. The number of hydrogen-bond donors (Lipinski definition) is 1. The summed E-state index contributed by atoms with van der Waals surface area (Å²) in [7, 11) is 0. The molecule has 26 heavy (non-hydrogen) atoms. The van der Waals surface area contributed by atoms with Gasteiger partial charge in [-0.15, -0.1) is 0 Å². The zero-order chi connectivity index (χ0) is 19.1. The Morgan fingerprint density at radius 2 is 2.00 bits per heavy atom. The molecule has 0 bridgehead atoms. The number of rotatable bonds is 3. The number of nitriles is 1. The van der Waals surface area contributed by atoms with Gasteiger partial charge in [-0.1, -0.05) is 32.4 Å². The predicted octanol–water partition coefficient (Wildman–Crippen LogP) is 4.91. The highest BCUT2D eigenvalue weighted by atomic mass is 35.5. The summed E-state index contributed by atoms with van der Waals surface area (Å²) in [6.07, 6.45) is 3.11. The number of anilines is 1. The van der Waals surface area contributed by atoms with Crippen LogP contribution >= 0.6 is 11.6 Å². The van der Waals surface area contributed by atoms with E-state index >= 15 is 0 Å². The summed E-state index contributed by atoms with van der Waals surface area (Å²) in [5, 5.41) is 17.3. The van der Waals surface area contributed by atoms with Crippen LogP contribution in [-0.2, 0) is 0 Å². The molecule has 3 aromatic rings. The molecule has 0 amide bonds. The van der Waals surface area contributed by atoms with Gasteiger partial charge in [0.2, 0.25) is 0 Å². The number of fused-ring (bicyclic) bond motifs is 1.